The fraction of sp³-hybridized carbons (Fsp3) is 0.594. The zero-order valence-corrected chi connectivity index (χ0v) is 25.7. The van der Waals surface area contributed by atoms with Gasteiger partial charge in [-0.1, -0.05) is 13.8 Å². The van der Waals surface area contributed by atoms with E-state index in [0.29, 0.717) is 30.5 Å². The van der Waals surface area contributed by atoms with Crippen LogP contribution in [0.5, 0.6) is 5.75 Å². The molecule has 0 spiro atoms. The predicted molar refractivity (Wildman–Crippen MR) is 154 cm³/mol. The summed E-state index contributed by atoms with van der Waals surface area (Å²) in [6.45, 7) is 9.69. The fourth-order valence-electron chi connectivity index (χ4n) is 8.40. The van der Waals surface area contributed by atoms with Gasteiger partial charge in [-0.25, -0.2) is 0 Å². The predicted octanol–water partition coefficient (Wildman–Crippen LogP) is 3.50. The first-order chi connectivity index (χ1) is 20.1. The summed E-state index contributed by atoms with van der Waals surface area (Å²) in [5.41, 5.74) is -1.83. The van der Waals surface area contributed by atoms with Crippen LogP contribution in [-0.4, -0.2) is 57.0 Å². The number of esters is 3. The zero-order chi connectivity index (χ0) is 31.5. The highest BCUT2D eigenvalue weighted by atomic mass is 16.6. The number of hydrogen-bond donors (Lipinski definition) is 1. The van der Waals surface area contributed by atoms with Crippen LogP contribution >= 0.6 is 0 Å². The minimum atomic E-state index is -1.27. The maximum Gasteiger partial charge on any atom is 0.303 e. The number of carbonyl (C=O) groups is 3. The van der Waals surface area contributed by atoms with Gasteiger partial charge in [-0.3, -0.25) is 24.2 Å². The highest BCUT2D eigenvalue weighted by Crippen LogP contribution is 2.67. The third-order valence-corrected chi connectivity index (χ3v) is 10.2. The van der Waals surface area contributed by atoms with Crippen molar-refractivity contribution in [1.82, 2.24) is 9.55 Å². The lowest BCUT2D eigenvalue weighted by Gasteiger charge is -2.66. The van der Waals surface area contributed by atoms with Gasteiger partial charge in [0, 0.05) is 63.2 Å². The van der Waals surface area contributed by atoms with Gasteiger partial charge in [0.05, 0.1) is 17.4 Å². The summed E-state index contributed by atoms with van der Waals surface area (Å²) in [5, 5.41) is 12.2. The number of rotatable bonds is 5. The third-order valence-electron chi connectivity index (χ3n) is 10.2. The Labute approximate surface area is 250 Å². The molecule has 0 amide bonds. The van der Waals surface area contributed by atoms with E-state index in [1.54, 1.807) is 31.6 Å². The van der Waals surface area contributed by atoms with E-state index in [-0.39, 0.29) is 23.8 Å². The first-order valence-electron chi connectivity index (χ1n) is 14.6. The molecule has 3 aliphatic rings. The molecule has 0 saturated heterocycles. The second-order valence-corrected chi connectivity index (χ2v) is 12.9. The van der Waals surface area contributed by atoms with E-state index in [1.807, 2.05) is 26.8 Å². The summed E-state index contributed by atoms with van der Waals surface area (Å²) >= 11 is 0. The number of fused-ring (bicyclic) bond motifs is 4. The molecule has 5 rings (SSSR count). The molecule has 0 bridgehead atoms. The Hall–Kier alpha value is -3.73. The van der Waals surface area contributed by atoms with Crippen molar-refractivity contribution in [2.75, 3.05) is 6.61 Å². The average molecular weight is 597 g/mol. The molecule has 11 nitrogen and oxygen atoms in total. The van der Waals surface area contributed by atoms with Crippen molar-refractivity contribution in [3.8, 4) is 17.0 Å². The Morgan fingerprint density at radius 2 is 1.77 bits per heavy atom. The quantitative estimate of drug-likeness (QED) is 0.402. The number of hydrogen-bond acceptors (Lipinski definition) is 10. The van der Waals surface area contributed by atoms with Gasteiger partial charge in [0.15, 0.2) is 0 Å². The fourth-order valence-corrected chi connectivity index (χ4v) is 8.40. The Morgan fingerprint density at radius 1 is 1.09 bits per heavy atom. The van der Waals surface area contributed by atoms with Crippen LogP contribution in [0.15, 0.2) is 35.4 Å². The van der Waals surface area contributed by atoms with E-state index < -0.39 is 64.1 Å². The van der Waals surface area contributed by atoms with E-state index in [0.717, 1.165) is 0 Å². The summed E-state index contributed by atoms with van der Waals surface area (Å²) < 4.78 is 25.5. The van der Waals surface area contributed by atoms with Crippen LogP contribution in [0.3, 0.4) is 0 Å². The van der Waals surface area contributed by atoms with Crippen molar-refractivity contribution in [2.45, 2.75) is 84.7 Å². The molecule has 2 fully saturated rings. The molecule has 232 valence electrons. The number of pyridine rings is 2. The molecule has 1 aliphatic heterocycles. The number of aliphatic hydroxyl groups is 1. The van der Waals surface area contributed by atoms with Gasteiger partial charge in [-0.2, -0.15) is 0 Å². The van der Waals surface area contributed by atoms with Crippen molar-refractivity contribution in [3.05, 3.63) is 46.5 Å². The van der Waals surface area contributed by atoms with Crippen LogP contribution in [0.2, 0.25) is 0 Å². The summed E-state index contributed by atoms with van der Waals surface area (Å²) in [5.74, 6) is -2.30. The van der Waals surface area contributed by atoms with Crippen LogP contribution in [-0.2, 0) is 35.6 Å². The highest BCUT2D eigenvalue weighted by molar-refractivity contribution is 5.67. The lowest BCUT2D eigenvalue weighted by atomic mass is 9.42. The molecule has 1 N–H and O–H groups in total. The van der Waals surface area contributed by atoms with Gasteiger partial charge in [-0.05, 0) is 49.7 Å². The van der Waals surface area contributed by atoms with Gasteiger partial charge >= 0.3 is 17.9 Å². The molecule has 2 aromatic rings. The number of carbonyl (C=O) groups excluding carboxylic acids is 3. The molecule has 8 atom stereocenters. The van der Waals surface area contributed by atoms with Gasteiger partial charge in [0.25, 0.3) is 5.56 Å². The molecule has 2 aliphatic carbocycles. The Balaban J connectivity index is 1.69. The number of aromatic nitrogens is 2. The maximum atomic E-state index is 13.9. The minimum Gasteiger partial charge on any atom is -0.483 e. The van der Waals surface area contributed by atoms with Crippen LogP contribution in [0.25, 0.3) is 11.3 Å². The molecule has 3 heterocycles. The molecule has 1 unspecified atom stereocenters. The lowest BCUT2D eigenvalue weighted by Crippen LogP contribution is -2.71. The van der Waals surface area contributed by atoms with E-state index in [9.17, 15) is 24.3 Å². The smallest absolute Gasteiger partial charge is 0.303 e. The van der Waals surface area contributed by atoms with Gasteiger partial charge < -0.3 is 28.6 Å². The number of nitrogens with zero attached hydrogens (tertiary/aromatic N) is 2. The van der Waals surface area contributed by atoms with E-state index >= 15 is 0 Å². The van der Waals surface area contributed by atoms with Crippen molar-refractivity contribution in [3.63, 3.8) is 0 Å². The van der Waals surface area contributed by atoms with Crippen molar-refractivity contribution in [1.29, 1.82) is 0 Å². The molecule has 43 heavy (non-hydrogen) atoms. The monoisotopic (exact) mass is 596 g/mol. The molecule has 2 aromatic heterocycles. The largest absolute Gasteiger partial charge is 0.483 e. The summed E-state index contributed by atoms with van der Waals surface area (Å²) in [6, 6.07) is 5.32. The van der Waals surface area contributed by atoms with Gasteiger partial charge in [0.2, 0.25) is 0 Å². The Morgan fingerprint density at radius 3 is 2.37 bits per heavy atom. The maximum absolute atomic E-state index is 13.9. The Bertz CT molecular complexity index is 1510. The van der Waals surface area contributed by atoms with Crippen LogP contribution in [0, 0.1) is 22.7 Å². The van der Waals surface area contributed by atoms with E-state index in [4.69, 9.17) is 18.9 Å². The summed E-state index contributed by atoms with van der Waals surface area (Å²) in [7, 11) is 1.64. The van der Waals surface area contributed by atoms with Crippen LogP contribution in [0.4, 0.5) is 0 Å². The van der Waals surface area contributed by atoms with E-state index in [1.165, 1.54) is 25.3 Å². The van der Waals surface area contributed by atoms with Crippen LogP contribution < -0.4 is 10.3 Å². The minimum absolute atomic E-state index is 0.0411. The first kappa shape index (κ1) is 30.7. The van der Waals surface area contributed by atoms with E-state index in [2.05, 4.69) is 4.98 Å². The number of aliphatic hydroxyl groups excluding tert-OH is 1. The first-order valence-corrected chi connectivity index (χ1v) is 14.6. The van der Waals surface area contributed by atoms with Gasteiger partial charge in [0.1, 0.15) is 30.2 Å². The summed E-state index contributed by atoms with van der Waals surface area (Å²) in [4.78, 5) is 54.7. The van der Waals surface area contributed by atoms with Crippen molar-refractivity contribution < 1.29 is 38.4 Å². The molecular formula is C32H40N2O9. The standard InChI is InChI=1S/C32H40N2O9/c1-17(35)40-16-31(5)23-14-25(42-19(3)37)32(6)28(30(23,4)11-10-24(31)41-18(2)36)27(38)26-22(43-32)13-21(34(7)29(26)39)20-9-8-12-33-15-20/h8-9,12-13,15,23-25,27-28,38H,10-11,14,16H2,1-7H3/t23-,24+,25+,27?,28-,30+,31+,32-/m1/s1. The highest BCUT2D eigenvalue weighted by Gasteiger charge is 2.70. The molecule has 0 radical (unpaired) electrons. The zero-order valence-electron chi connectivity index (χ0n) is 25.7. The van der Waals surface area contributed by atoms with Crippen LogP contribution in [0.1, 0.15) is 72.5 Å². The normalized spacial score (nSPS) is 34.5. The van der Waals surface area contributed by atoms with Crippen molar-refractivity contribution >= 4 is 17.9 Å². The van der Waals surface area contributed by atoms with Crippen molar-refractivity contribution in [2.24, 2.45) is 29.7 Å². The molecule has 2 saturated carbocycles. The Kier molecular flexibility index (Phi) is 7.69. The topological polar surface area (TPSA) is 143 Å². The van der Waals surface area contributed by atoms with Gasteiger partial charge in [-0.15, -0.1) is 0 Å². The molecule has 11 heteroatoms. The SMILES string of the molecule is CC(=O)OC[C@@]1(C)[C@@H]2C[C@H](OC(C)=O)[C@@]3(C)Oc4cc(-c5cccnc5)n(C)c(=O)c4C(O)[C@@H]3[C@@]2(C)CC[C@@H]1OC(C)=O. The second-order valence-electron chi connectivity index (χ2n) is 12.9. The summed E-state index contributed by atoms with van der Waals surface area (Å²) in [6.07, 6.45) is 1.83. The molecular weight excluding hydrogens is 556 g/mol. The third kappa shape index (κ3) is 4.91. The second kappa shape index (κ2) is 10.8. The molecule has 0 aromatic carbocycles. The lowest BCUT2D eigenvalue weighted by molar-refractivity contribution is -0.270. The number of ether oxygens (including phenoxy) is 4. The average Bonchev–Trinajstić information content (AvgIpc) is 2.92.